The van der Waals surface area contributed by atoms with E-state index in [9.17, 15) is 4.79 Å². The highest BCUT2D eigenvalue weighted by Gasteiger charge is 2.07. The van der Waals surface area contributed by atoms with Crippen LogP contribution in [0.5, 0.6) is 0 Å². The van der Waals surface area contributed by atoms with E-state index in [1.807, 2.05) is 31.2 Å². The number of amides is 1. The average molecular weight is 288 g/mol. The number of anilines is 1. The zero-order valence-corrected chi connectivity index (χ0v) is 12.7. The topological polar surface area (TPSA) is 29.1 Å². The third-order valence-corrected chi connectivity index (χ3v) is 3.63. The van der Waals surface area contributed by atoms with Crippen molar-refractivity contribution >= 4 is 23.2 Å². The van der Waals surface area contributed by atoms with Crippen LogP contribution in [0.25, 0.3) is 0 Å². The van der Waals surface area contributed by atoms with Gasteiger partial charge in [-0.25, -0.2) is 0 Å². The summed E-state index contributed by atoms with van der Waals surface area (Å²) >= 11 is 5.90. The van der Waals surface area contributed by atoms with Gasteiger partial charge in [-0.15, -0.1) is 0 Å². The number of carbonyl (C=O) groups is 1. The van der Waals surface area contributed by atoms with Gasteiger partial charge in [-0.3, -0.25) is 4.79 Å². The van der Waals surface area contributed by atoms with Crippen molar-refractivity contribution < 1.29 is 4.79 Å². The lowest BCUT2D eigenvalue weighted by molar-refractivity contribution is -0.115. The van der Waals surface area contributed by atoms with Gasteiger partial charge in [0.05, 0.1) is 6.42 Å². The summed E-state index contributed by atoms with van der Waals surface area (Å²) in [5, 5.41) is 3.60. The first-order valence-corrected chi connectivity index (χ1v) is 6.95. The SMILES string of the molecule is Cc1ccc(CC(=O)Nc2ccc(Cl)cc2C)cc1C. The zero-order valence-electron chi connectivity index (χ0n) is 12.0. The van der Waals surface area contributed by atoms with Crippen LogP contribution in [0.1, 0.15) is 22.3 Å². The Labute approximate surface area is 124 Å². The van der Waals surface area contributed by atoms with Gasteiger partial charge in [0.25, 0.3) is 0 Å². The normalized spacial score (nSPS) is 10.4. The fourth-order valence-corrected chi connectivity index (χ4v) is 2.29. The molecule has 2 nitrogen and oxygen atoms in total. The number of rotatable bonds is 3. The summed E-state index contributed by atoms with van der Waals surface area (Å²) in [6.45, 7) is 6.05. The van der Waals surface area contributed by atoms with Crippen LogP contribution in [0.15, 0.2) is 36.4 Å². The molecule has 1 N–H and O–H groups in total. The van der Waals surface area contributed by atoms with Crippen LogP contribution in [0.3, 0.4) is 0 Å². The van der Waals surface area contributed by atoms with Crippen LogP contribution in [0.4, 0.5) is 5.69 Å². The van der Waals surface area contributed by atoms with Gasteiger partial charge in [0.1, 0.15) is 0 Å². The van der Waals surface area contributed by atoms with E-state index in [2.05, 4.69) is 25.2 Å². The van der Waals surface area contributed by atoms with Gasteiger partial charge in [0.15, 0.2) is 0 Å². The second kappa shape index (κ2) is 6.10. The maximum Gasteiger partial charge on any atom is 0.228 e. The number of hydrogen-bond acceptors (Lipinski definition) is 1. The fourth-order valence-electron chi connectivity index (χ4n) is 2.06. The molecule has 2 rings (SSSR count). The molecule has 0 aliphatic carbocycles. The van der Waals surface area contributed by atoms with Gasteiger partial charge in [-0.1, -0.05) is 29.8 Å². The Hall–Kier alpha value is -1.80. The maximum atomic E-state index is 12.1. The summed E-state index contributed by atoms with van der Waals surface area (Å²) in [4.78, 5) is 12.1. The minimum Gasteiger partial charge on any atom is -0.326 e. The van der Waals surface area contributed by atoms with Gasteiger partial charge in [0.2, 0.25) is 5.91 Å². The summed E-state index contributed by atoms with van der Waals surface area (Å²) in [7, 11) is 0. The van der Waals surface area contributed by atoms with E-state index in [1.54, 1.807) is 6.07 Å². The van der Waals surface area contributed by atoms with E-state index >= 15 is 0 Å². The fraction of sp³-hybridized carbons (Fsp3) is 0.235. The van der Waals surface area contributed by atoms with Crippen LogP contribution in [0.2, 0.25) is 5.02 Å². The Morgan fingerprint density at radius 2 is 1.75 bits per heavy atom. The monoisotopic (exact) mass is 287 g/mol. The highest BCUT2D eigenvalue weighted by atomic mass is 35.5. The van der Waals surface area contributed by atoms with Crippen molar-refractivity contribution in [2.45, 2.75) is 27.2 Å². The summed E-state index contributed by atoms with van der Waals surface area (Å²) in [5.74, 6) is -0.0151. The number of halogens is 1. The molecule has 0 saturated carbocycles. The molecule has 2 aromatic carbocycles. The van der Waals surface area contributed by atoms with Gasteiger partial charge in [-0.2, -0.15) is 0 Å². The summed E-state index contributed by atoms with van der Waals surface area (Å²) in [6.07, 6.45) is 0.378. The van der Waals surface area contributed by atoms with Crippen molar-refractivity contribution in [3.63, 3.8) is 0 Å². The Morgan fingerprint density at radius 1 is 1.00 bits per heavy atom. The third kappa shape index (κ3) is 3.61. The largest absolute Gasteiger partial charge is 0.326 e. The molecule has 0 spiro atoms. The molecule has 0 aromatic heterocycles. The highest BCUT2D eigenvalue weighted by Crippen LogP contribution is 2.20. The molecule has 3 heteroatoms. The molecule has 0 radical (unpaired) electrons. The molecule has 0 heterocycles. The smallest absolute Gasteiger partial charge is 0.228 e. The molecule has 2 aromatic rings. The van der Waals surface area contributed by atoms with E-state index in [4.69, 9.17) is 11.6 Å². The van der Waals surface area contributed by atoms with Crippen molar-refractivity contribution in [2.75, 3.05) is 5.32 Å². The molecule has 0 aliphatic heterocycles. The number of benzene rings is 2. The van der Waals surface area contributed by atoms with E-state index < -0.39 is 0 Å². The molecule has 20 heavy (non-hydrogen) atoms. The third-order valence-electron chi connectivity index (χ3n) is 3.40. The summed E-state index contributed by atoms with van der Waals surface area (Å²) in [6, 6.07) is 11.6. The van der Waals surface area contributed by atoms with Crippen molar-refractivity contribution in [2.24, 2.45) is 0 Å². The van der Waals surface area contributed by atoms with E-state index in [0.717, 1.165) is 16.8 Å². The van der Waals surface area contributed by atoms with Crippen LogP contribution in [0, 0.1) is 20.8 Å². The molecule has 0 aliphatic rings. The first kappa shape index (κ1) is 14.6. The maximum absolute atomic E-state index is 12.1. The van der Waals surface area contributed by atoms with Crippen molar-refractivity contribution in [1.29, 1.82) is 0 Å². The van der Waals surface area contributed by atoms with Gasteiger partial charge >= 0.3 is 0 Å². The second-order valence-corrected chi connectivity index (χ2v) is 5.54. The Balaban J connectivity index is 2.07. The van der Waals surface area contributed by atoms with Crippen LogP contribution in [-0.4, -0.2) is 5.91 Å². The summed E-state index contributed by atoms with van der Waals surface area (Å²) in [5.41, 5.74) is 5.24. The van der Waals surface area contributed by atoms with Crippen LogP contribution in [-0.2, 0) is 11.2 Å². The molecule has 1 amide bonds. The lowest BCUT2D eigenvalue weighted by Crippen LogP contribution is -2.15. The minimum atomic E-state index is -0.0151. The quantitative estimate of drug-likeness (QED) is 0.888. The number of hydrogen-bond donors (Lipinski definition) is 1. The van der Waals surface area contributed by atoms with E-state index in [-0.39, 0.29) is 5.91 Å². The van der Waals surface area contributed by atoms with Crippen molar-refractivity contribution in [1.82, 2.24) is 0 Å². The molecular weight excluding hydrogens is 270 g/mol. The molecule has 0 bridgehead atoms. The Morgan fingerprint density at radius 3 is 2.40 bits per heavy atom. The zero-order chi connectivity index (χ0) is 14.7. The first-order chi connectivity index (χ1) is 9.45. The molecule has 0 saturated heterocycles. The minimum absolute atomic E-state index is 0.0151. The summed E-state index contributed by atoms with van der Waals surface area (Å²) < 4.78 is 0. The van der Waals surface area contributed by atoms with Crippen molar-refractivity contribution in [3.8, 4) is 0 Å². The Kier molecular flexibility index (Phi) is 4.46. The van der Waals surface area contributed by atoms with E-state index in [1.165, 1.54) is 11.1 Å². The standard InChI is InChI=1S/C17H18ClNO/c1-11-4-5-14(8-12(11)2)10-17(20)19-16-7-6-15(18)9-13(16)3/h4-9H,10H2,1-3H3,(H,19,20). The predicted octanol–water partition coefficient (Wildman–Crippen LogP) is 4.45. The van der Waals surface area contributed by atoms with E-state index in [0.29, 0.717) is 11.4 Å². The highest BCUT2D eigenvalue weighted by molar-refractivity contribution is 6.30. The molecule has 0 unspecified atom stereocenters. The average Bonchev–Trinajstić information content (AvgIpc) is 2.37. The number of nitrogens with one attached hydrogen (secondary N) is 1. The molecule has 104 valence electrons. The molecular formula is C17H18ClNO. The van der Waals surface area contributed by atoms with Crippen LogP contribution >= 0.6 is 11.6 Å². The van der Waals surface area contributed by atoms with Crippen LogP contribution < -0.4 is 5.32 Å². The Bertz CT molecular complexity index is 649. The predicted molar refractivity (Wildman–Crippen MR) is 84.4 cm³/mol. The van der Waals surface area contributed by atoms with Crippen molar-refractivity contribution in [3.05, 3.63) is 63.7 Å². The number of carbonyl (C=O) groups excluding carboxylic acids is 1. The molecule has 0 atom stereocenters. The lowest BCUT2D eigenvalue weighted by atomic mass is 10.0. The second-order valence-electron chi connectivity index (χ2n) is 5.10. The number of aryl methyl sites for hydroxylation is 3. The van der Waals surface area contributed by atoms with Gasteiger partial charge < -0.3 is 5.32 Å². The first-order valence-electron chi connectivity index (χ1n) is 6.58. The van der Waals surface area contributed by atoms with Gasteiger partial charge in [0, 0.05) is 10.7 Å². The lowest BCUT2D eigenvalue weighted by Gasteiger charge is -2.09. The molecule has 0 fully saturated rings. The van der Waals surface area contributed by atoms with Gasteiger partial charge in [-0.05, 0) is 61.2 Å².